The lowest BCUT2D eigenvalue weighted by Crippen LogP contribution is -2.34. The summed E-state index contributed by atoms with van der Waals surface area (Å²) in [6.07, 6.45) is 0. The number of ketones is 1. The van der Waals surface area contributed by atoms with Crippen molar-refractivity contribution < 1.29 is 28.6 Å². The second-order valence-corrected chi connectivity index (χ2v) is 7.72. The zero-order chi connectivity index (χ0) is 22.5. The van der Waals surface area contributed by atoms with Gasteiger partial charge in [-0.05, 0) is 19.1 Å². The first-order chi connectivity index (χ1) is 14.9. The number of ether oxygens (including phenoxy) is 3. The summed E-state index contributed by atoms with van der Waals surface area (Å²) in [6.45, 7) is 1.85. The number of aliphatic imine (C=N–C) groups is 1. The van der Waals surface area contributed by atoms with Crippen molar-refractivity contribution in [1.29, 1.82) is 0 Å². The van der Waals surface area contributed by atoms with Gasteiger partial charge in [-0.15, -0.1) is 0 Å². The van der Waals surface area contributed by atoms with Gasteiger partial charge in [0.1, 0.15) is 11.5 Å². The van der Waals surface area contributed by atoms with Crippen molar-refractivity contribution in [3.8, 4) is 11.5 Å². The zero-order valence-electron chi connectivity index (χ0n) is 17.6. The van der Waals surface area contributed by atoms with Gasteiger partial charge in [-0.2, -0.15) is 0 Å². The summed E-state index contributed by atoms with van der Waals surface area (Å²) in [5.74, 6) is -1.62. The molecule has 0 saturated heterocycles. The van der Waals surface area contributed by atoms with Gasteiger partial charge in [-0.1, -0.05) is 23.4 Å². The summed E-state index contributed by atoms with van der Waals surface area (Å²) in [4.78, 5) is 42.2. The third-order valence-electron chi connectivity index (χ3n) is 4.58. The lowest BCUT2D eigenvalue weighted by molar-refractivity contribution is -0.141. The molecular formula is C22H22N2O6S. The molecule has 0 radical (unpaired) electrons. The number of anilines is 1. The quantitative estimate of drug-likeness (QED) is 0.540. The Morgan fingerprint density at radius 3 is 2.35 bits per heavy atom. The van der Waals surface area contributed by atoms with Crippen molar-refractivity contribution >= 4 is 45.8 Å². The van der Waals surface area contributed by atoms with E-state index in [1.165, 1.54) is 21.3 Å². The third kappa shape index (κ3) is 5.05. The van der Waals surface area contributed by atoms with E-state index in [0.29, 0.717) is 28.4 Å². The van der Waals surface area contributed by atoms with Crippen molar-refractivity contribution in [1.82, 2.24) is 0 Å². The number of esters is 1. The number of fused-ring (bicyclic) bond motifs is 1. The van der Waals surface area contributed by atoms with Crippen molar-refractivity contribution in [2.45, 2.75) is 6.92 Å². The lowest BCUT2D eigenvalue weighted by atomic mass is 9.93. The highest BCUT2D eigenvalue weighted by Gasteiger charge is 2.38. The summed E-state index contributed by atoms with van der Waals surface area (Å²) >= 11 is 1.02. The van der Waals surface area contributed by atoms with Crippen molar-refractivity contribution in [3.63, 3.8) is 0 Å². The number of Topliss-reactive ketones (excluding diaryl/α,β-unsaturated/α-hetero) is 1. The number of nitrogens with one attached hydrogen (secondary N) is 1. The number of rotatable bonds is 6. The Hall–Kier alpha value is -3.33. The van der Waals surface area contributed by atoms with Gasteiger partial charge < -0.3 is 19.5 Å². The Kier molecular flexibility index (Phi) is 6.96. The van der Waals surface area contributed by atoms with Crippen LogP contribution in [-0.2, 0) is 14.3 Å². The van der Waals surface area contributed by atoms with Gasteiger partial charge in [-0.3, -0.25) is 14.4 Å². The molecule has 1 aliphatic rings. The number of nitrogens with zero attached hydrogens (tertiary/aromatic N) is 1. The molecule has 0 aliphatic carbocycles. The third-order valence-corrected chi connectivity index (χ3v) is 5.61. The highest BCUT2D eigenvalue weighted by molar-refractivity contribution is 8.14. The molecule has 0 bridgehead atoms. The maximum absolute atomic E-state index is 12.9. The van der Waals surface area contributed by atoms with Gasteiger partial charge in [-0.25, -0.2) is 4.99 Å². The van der Waals surface area contributed by atoms with E-state index in [1.807, 2.05) is 13.0 Å². The first kappa shape index (κ1) is 22.4. The molecule has 1 N–H and O–H groups in total. The summed E-state index contributed by atoms with van der Waals surface area (Å²) in [7, 11) is 4.24. The average Bonchev–Trinajstić information content (AvgIpc) is 2.77. The van der Waals surface area contributed by atoms with Crippen LogP contribution in [-0.4, -0.2) is 49.8 Å². The Morgan fingerprint density at radius 1 is 1.06 bits per heavy atom. The number of aryl methyl sites for hydroxylation is 1. The highest BCUT2D eigenvalue weighted by Crippen LogP contribution is 2.34. The first-order valence-electron chi connectivity index (χ1n) is 9.33. The lowest BCUT2D eigenvalue weighted by Gasteiger charge is -2.21. The molecule has 1 aliphatic heterocycles. The molecule has 0 aromatic heterocycles. The van der Waals surface area contributed by atoms with Crippen LogP contribution in [0.1, 0.15) is 15.9 Å². The SMILES string of the molecule is COC(=O)C1C(=O)c2cc(C)ccc2N=C1SCC(=O)Nc1cc(OC)cc(OC)c1. The van der Waals surface area contributed by atoms with E-state index in [9.17, 15) is 14.4 Å². The maximum atomic E-state index is 12.9. The van der Waals surface area contributed by atoms with Crippen LogP contribution in [0.5, 0.6) is 11.5 Å². The molecule has 0 saturated carbocycles. The predicted octanol–water partition coefficient (Wildman–Crippen LogP) is 3.40. The Morgan fingerprint density at radius 2 is 1.74 bits per heavy atom. The number of carbonyl (C=O) groups is 3. The van der Waals surface area contributed by atoms with Gasteiger partial charge in [0.2, 0.25) is 5.91 Å². The molecule has 0 spiro atoms. The molecule has 8 nitrogen and oxygen atoms in total. The minimum atomic E-state index is -1.19. The number of amides is 1. The fourth-order valence-electron chi connectivity index (χ4n) is 3.05. The topological polar surface area (TPSA) is 103 Å². The molecule has 2 aromatic carbocycles. The Labute approximate surface area is 184 Å². The molecule has 1 atom stereocenters. The number of benzene rings is 2. The minimum Gasteiger partial charge on any atom is -0.497 e. The fourth-order valence-corrected chi connectivity index (χ4v) is 3.94. The number of methoxy groups -OCH3 is 3. The standard InChI is InChI=1S/C22H22N2O6S/c1-12-5-6-17-16(7-12)20(26)19(22(27)30-4)21(24-17)31-11-18(25)23-13-8-14(28-2)10-15(9-13)29-3/h5-10,19H,11H2,1-4H3,(H,23,25). The molecule has 0 fully saturated rings. The largest absolute Gasteiger partial charge is 0.497 e. The normalized spacial score (nSPS) is 14.9. The summed E-state index contributed by atoms with van der Waals surface area (Å²) < 4.78 is 15.2. The summed E-state index contributed by atoms with van der Waals surface area (Å²) in [5, 5.41) is 2.98. The smallest absolute Gasteiger partial charge is 0.323 e. The van der Waals surface area contributed by atoms with Gasteiger partial charge in [0.25, 0.3) is 0 Å². The highest BCUT2D eigenvalue weighted by atomic mass is 32.2. The number of hydrogen-bond donors (Lipinski definition) is 1. The number of carbonyl (C=O) groups excluding carboxylic acids is 3. The maximum Gasteiger partial charge on any atom is 0.323 e. The summed E-state index contributed by atoms with van der Waals surface area (Å²) in [6, 6.07) is 10.2. The van der Waals surface area contributed by atoms with Gasteiger partial charge in [0, 0.05) is 29.4 Å². The van der Waals surface area contributed by atoms with E-state index in [0.717, 1.165) is 17.3 Å². The molecule has 3 rings (SSSR count). The molecular weight excluding hydrogens is 420 g/mol. The van der Waals surface area contributed by atoms with Crippen LogP contribution in [0.2, 0.25) is 0 Å². The van der Waals surface area contributed by atoms with Crippen molar-refractivity contribution in [3.05, 3.63) is 47.5 Å². The van der Waals surface area contributed by atoms with Crippen molar-refractivity contribution in [2.75, 3.05) is 32.4 Å². The van der Waals surface area contributed by atoms with Crippen LogP contribution in [0.15, 0.2) is 41.4 Å². The predicted molar refractivity (Wildman–Crippen MR) is 119 cm³/mol. The molecule has 31 heavy (non-hydrogen) atoms. The van der Waals surface area contributed by atoms with E-state index in [-0.39, 0.29) is 22.5 Å². The van der Waals surface area contributed by atoms with Gasteiger partial charge in [0.15, 0.2) is 11.7 Å². The average molecular weight is 442 g/mol. The molecule has 1 amide bonds. The zero-order valence-corrected chi connectivity index (χ0v) is 18.4. The Balaban J connectivity index is 1.78. The van der Waals surface area contributed by atoms with Crippen molar-refractivity contribution in [2.24, 2.45) is 10.9 Å². The molecule has 1 unspecified atom stereocenters. The van der Waals surface area contributed by atoms with Crippen LogP contribution in [0.25, 0.3) is 0 Å². The van der Waals surface area contributed by atoms with E-state index in [2.05, 4.69) is 10.3 Å². The van der Waals surface area contributed by atoms with Crippen LogP contribution in [0.4, 0.5) is 11.4 Å². The summed E-state index contributed by atoms with van der Waals surface area (Å²) in [5.41, 5.74) is 2.22. The van der Waals surface area contributed by atoms with E-state index in [4.69, 9.17) is 14.2 Å². The molecule has 2 aromatic rings. The van der Waals surface area contributed by atoms with E-state index >= 15 is 0 Å². The minimum absolute atomic E-state index is 0.0552. The molecule has 9 heteroatoms. The van der Waals surface area contributed by atoms with Crippen LogP contribution < -0.4 is 14.8 Å². The van der Waals surface area contributed by atoms with E-state index in [1.54, 1.807) is 30.3 Å². The monoisotopic (exact) mass is 442 g/mol. The molecule has 162 valence electrons. The second-order valence-electron chi connectivity index (χ2n) is 6.73. The molecule has 1 heterocycles. The van der Waals surface area contributed by atoms with E-state index < -0.39 is 11.9 Å². The number of hydrogen-bond acceptors (Lipinski definition) is 8. The number of thioether (sulfide) groups is 1. The van der Waals surface area contributed by atoms with Gasteiger partial charge in [0.05, 0.1) is 37.8 Å². The van der Waals surface area contributed by atoms with Crippen LogP contribution >= 0.6 is 11.8 Å². The van der Waals surface area contributed by atoms with Gasteiger partial charge >= 0.3 is 5.97 Å². The first-order valence-corrected chi connectivity index (χ1v) is 10.3. The Bertz CT molecular complexity index is 1040. The van der Waals surface area contributed by atoms with Crippen LogP contribution in [0.3, 0.4) is 0 Å². The second kappa shape index (κ2) is 9.65. The fraction of sp³-hybridized carbons (Fsp3) is 0.273. The van der Waals surface area contributed by atoms with Crippen LogP contribution in [0, 0.1) is 12.8 Å².